The molecule has 0 aromatic rings. The maximum absolute atomic E-state index is 9.54. The zero-order chi connectivity index (χ0) is 19.2. The summed E-state index contributed by atoms with van der Waals surface area (Å²) < 4.78 is 12.3. The predicted octanol–water partition coefficient (Wildman–Crippen LogP) is 4.96. The Hall–Kier alpha value is -0.670. The maximum atomic E-state index is 9.54. The van der Waals surface area contributed by atoms with Crippen molar-refractivity contribution in [1.82, 2.24) is 5.06 Å². The molecule has 3 atom stereocenters. The van der Waals surface area contributed by atoms with E-state index in [1.54, 1.807) is 7.11 Å². The molecule has 154 valence electrons. The van der Waals surface area contributed by atoms with Gasteiger partial charge in [0.1, 0.15) is 6.04 Å². The summed E-state index contributed by atoms with van der Waals surface area (Å²) in [5.41, 5.74) is 0.0371. The van der Waals surface area contributed by atoms with Gasteiger partial charge in [-0.3, -0.25) is 0 Å². The Bertz CT molecular complexity index is 500. The Kier molecular flexibility index (Phi) is 7.56. The van der Waals surface area contributed by atoms with Crippen molar-refractivity contribution in [2.45, 2.75) is 108 Å². The van der Waals surface area contributed by atoms with Crippen LogP contribution in [0.1, 0.15) is 90.4 Å². The average Bonchev–Trinajstić information content (AvgIpc) is 3.30. The molecule has 3 rings (SSSR count). The fourth-order valence-corrected chi connectivity index (χ4v) is 5.80. The van der Waals surface area contributed by atoms with Gasteiger partial charge < -0.3 is 14.3 Å². The van der Waals surface area contributed by atoms with Gasteiger partial charge in [0.15, 0.2) is 5.79 Å². The maximum Gasteiger partial charge on any atom is 0.168 e. The Morgan fingerprint density at radius 1 is 1.07 bits per heavy atom. The van der Waals surface area contributed by atoms with Crippen LogP contribution in [0.15, 0.2) is 0 Å². The van der Waals surface area contributed by atoms with Gasteiger partial charge in [-0.05, 0) is 44.4 Å². The van der Waals surface area contributed by atoms with Gasteiger partial charge in [0, 0.05) is 12.8 Å². The van der Waals surface area contributed by atoms with E-state index < -0.39 is 0 Å². The number of hydrogen-bond acceptors (Lipinski definition) is 5. The Balaban J connectivity index is 1.64. The van der Waals surface area contributed by atoms with Crippen LogP contribution in [0.5, 0.6) is 0 Å². The monoisotopic (exact) mass is 378 g/mol. The Labute approximate surface area is 165 Å². The summed E-state index contributed by atoms with van der Waals surface area (Å²) in [6.45, 7) is 3.70. The van der Waals surface area contributed by atoms with Gasteiger partial charge in [-0.25, -0.2) is 0 Å². The van der Waals surface area contributed by atoms with Crippen molar-refractivity contribution in [2.24, 2.45) is 5.92 Å². The second kappa shape index (κ2) is 9.69. The lowest BCUT2D eigenvalue weighted by molar-refractivity contribution is -0.223. The SMILES string of the molecule is CCCCCCC1(CCC2CCCCC23CC[C@@H](C#N)N3OC)OCCO1. The summed E-state index contributed by atoms with van der Waals surface area (Å²) in [6, 6.07) is 2.35. The highest BCUT2D eigenvalue weighted by atomic mass is 16.7. The summed E-state index contributed by atoms with van der Waals surface area (Å²) in [6.07, 6.45) is 15.0. The van der Waals surface area contributed by atoms with Crippen molar-refractivity contribution in [3.8, 4) is 6.07 Å². The summed E-state index contributed by atoms with van der Waals surface area (Å²) >= 11 is 0. The minimum absolute atomic E-state index is 0.0371. The van der Waals surface area contributed by atoms with Crippen molar-refractivity contribution >= 4 is 0 Å². The summed E-state index contributed by atoms with van der Waals surface area (Å²) in [7, 11) is 1.74. The highest BCUT2D eigenvalue weighted by Gasteiger charge is 2.53. The zero-order valence-corrected chi connectivity index (χ0v) is 17.4. The lowest BCUT2D eigenvalue weighted by Gasteiger charge is -2.47. The fourth-order valence-electron chi connectivity index (χ4n) is 5.80. The van der Waals surface area contributed by atoms with E-state index in [2.05, 4.69) is 18.1 Å². The lowest BCUT2D eigenvalue weighted by atomic mass is 9.69. The van der Waals surface area contributed by atoms with E-state index in [0.717, 1.165) is 51.7 Å². The molecule has 1 spiro atoms. The van der Waals surface area contributed by atoms with Crippen molar-refractivity contribution < 1.29 is 14.3 Å². The first-order valence-electron chi connectivity index (χ1n) is 11.2. The number of hydrogen-bond donors (Lipinski definition) is 0. The molecule has 1 saturated carbocycles. The van der Waals surface area contributed by atoms with Gasteiger partial charge >= 0.3 is 0 Å². The minimum Gasteiger partial charge on any atom is -0.348 e. The van der Waals surface area contributed by atoms with Gasteiger partial charge in [0.2, 0.25) is 0 Å². The van der Waals surface area contributed by atoms with Crippen molar-refractivity contribution in [3.05, 3.63) is 0 Å². The molecule has 2 aliphatic heterocycles. The zero-order valence-electron chi connectivity index (χ0n) is 17.4. The molecule has 5 nitrogen and oxygen atoms in total. The van der Waals surface area contributed by atoms with E-state index in [0.29, 0.717) is 5.92 Å². The molecule has 1 aliphatic carbocycles. The minimum atomic E-state index is -0.364. The third-order valence-electron chi connectivity index (χ3n) is 7.19. The molecule has 3 aliphatic rings. The lowest BCUT2D eigenvalue weighted by Crippen LogP contribution is -2.53. The van der Waals surface area contributed by atoms with E-state index in [9.17, 15) is 5.26 Å². The van der Waals surface area contributed by atoms with Gasteiger partial charge in [-0.1, -0.05) is 39.0 Å². The molecular weight excluding hydrogens is 340 g/mol. The first-order valence-corrected chi connectivity index (χ1v) is 11.2. The average molecular weight is 379 g/mol. The Morgan fingerprint density at radius 3 is 2.59 bits per heavy atom. The fraction of sp³-hybridized carbons (Fsp3) is 0.955. The van der Waals surface area contributed by atoms with Crippen LogP contribution in [0.2, 0.25) is 0 Å². The number of rotatable bonds is 9. The highest BCUT2D eigenvalue weighted by molar-refractivity contribution is 5.09. The molecule has 5 heteroatoms. The van der Waals surface area contributed by atoms with E-state index in [1.807, 2.05) is 0 Å². The topological polar surface area (TPSA) is 54.7 Å². The van der Waals surface area contributed by atoms with E-state index >= 15 is 0 Å². The van der Waals surface area contributed by atoms with Gasteiger partial charge in [0.05, 0.1) is 31.9 Å². The van der Waals surface area contributed by atoms with Gasteiger partial charge in [-0.2, -0.15) is 10.3 Å². The van der Waals surface area contributed by atoms with Crippen molar-refractivity contribution in [3.63, 3.8) is 0 Å². The number of unbranched alkanes of at least 4 members (excludes halogenated alkanes) is 3. The number of ether oxygens (including phenoxy) is 2. The van der Waals surface area contributed by atoms with Crippen LogP contribution in [0.25, 0.3) is 0 Å². The third-order valence-corrected chi connectivity index (χ3v) is 7.19. The van der Waals surface area contributed by atoms with Crippen molar-refractivity contribution in [1.29, 1.82) is 5.26 Å². The van der Waals surface area contributed by atoms with E-state index in [1.165, 1.54) is 44.9 Å². The molecule has 27 heavy (non-hydrogen) atoms. The molecule has 0 radical (unpaired) electrons. The molecule has 0 aromatic heterocycles. The summed E-state index contributed by atoms with van der Waals surface area (Å²) in [4.78, 5) is 5.78. The molecular formula is C22H38N2O3. The molecule has 2 heterocycles. The quantitative estimate of drug-likeness (QED) is 0.531. The normalized spacial score (nSPS) is 33.5. The molecule has 0 aromatic carbocycles. The van der Waals surface area contributed by atoms with E-state index in [4.69, 9.17) is 14.3 Å². The van der Waals surface area contributed by atoms with Crippen molar-refractivity contribution in [2.75, 3.05) is 20.3 Å². The molecule has 3 fully saturated rings. The van der Waals surface area contributed by atoms with Crippen LogP contribution in [-0.4, -0.2) is 42.8 Å². The highest BCUT2D eigenvalue weighted by Crippen LogP contribution is 2.50. The smallest absolute Gasteiger partial charge is 0.168 e. The standard InChI is InChI=1S/C22H38N2O3/c1-3-4-5-7-13-22(26-16-17-27-22)15-10-19-9-6-8-12-21(19)14-11-20(18-23)24(21)25-2/h19-20H,3-17H2,1-2H3/t19?,20-,21?/m0/s1. The predicted molar refractivity (Wildman–Crippen MR) is 105 cm³/mol. The van der Waals surface area contributed by atoms with Crippen LogP contribution in [-0.2, 0) is 14.3 Å². The molecule has 2 saturated heterocycles. The second-order valence-electron chi connectivity index (χ2n) is 8.70. The summed E-state index contributed by atoms with van der Waals surface area (Å²) in [5, 5.41) is 11.6. The molecule has 0 N–H and O–H groups in total. The van der Waals surface area contributed by atoms with Crippen LogP contribution < -0.4 is 0 Å². The van der Waals surface area contributed by atoms with Crippen LogP contribution >= 0.6 is 0 Å². The third kappa shape index (κ3) is 4.50. The van der Waals surface area contributed by atoms with Crippen LogP contribution in [0.3, 0.4) is 0 Å². The molecule has 0 amide bonds. The first kappa shape index (κ1) is 21.0. The molecule has 0 bridgehead atoms. The van der Waals surface area contributed by atoms with Crippen LogP contribution in [0.4, 0.5) is 0 Å². The van der Waals surface area contributed by atoms with E-state index in [-0.39, 0.29) is 17.4 Å². The van der Waals surface area contributed by atoms with Gasteiger partial charge in [0.25, 0.3) is 0 Å². The molecule has 2 unspecified atom stereocenters. The summed E-state index contributed by atoms with van der Waals surface area (Å²) in [5.74, 6) is 0.196. The second-order valence-corrected chi connectivity index (χ2v) is 8.70. The Morgan fingerprint density at radius 2 is 1.89 bits per heavy atom. The largest absolute Gasteiger partial charge is 0.348 e. The first-order chi connectivity index (χ1) is 13.2. The number of nitriles is 1. The number of hydroxylamine groups is 2. The number of nitrogens with zero attached hydrogens (tertiary/aromatic N) is 2. The van der Waals surface area contributed by atoms with Crippen LogP contribution in [0, 0.1) is 17.2 Å². The van der Waals surface area contributed by atoms with Gasteiger partial charge in [-0.15, -0.1) is 0 Å².